The predicted molar refractivity (Wildman–Crippen MR) is 135 cm³/mol. The van der Waals surface area contributed by atoms with E-state index in [-0.39, 0.29) is 17.9 Å². The lowest BCUT2D eigenvalue weighted by molar-refractivity contribution is 0.0950. The Bertz CT molecular complexity index is 1460. The highest BCUT2D eigenvalue weighted by atomic mass is 35.5. The third-order valence-corrected chi connectivity index (χ3v) is 5.44. The number of hydrogen-bond donors (Lipinski definition) is 1. The van der Waals surface area contributed by atoms with Crippen LogP contribution in [0.4, 0.5) is 0 Å². The van der Waals surface area contributed by atoms with Gasteiger partial charge < -0.3 is 5.32 Å². The van der Waals surface area contributed by atoms with E-state index in [4.69, 9.17) is 11.6 Å². The van der Waals surface area contributed by atoms with Gasteiger partial charge >= 0.3 is 0 Å². The molecule has 0 aliphatic carbocycles. The summed E-state index contributed by atoms with van der Waals surface area (Å²) in [5.74, 6) is -0.366. The number of allylic oxidation sites excluding steroid dienone is 1. The summed E-state index contributed by atoms with van der Waals surface area (Å²) in [5.41, 5.74) is 3.07. The number of nitrogens with zero attached hydrogens (tertiary/aromatic N) is 4. The van der Waals surface area contributed by atoms with Crippen LogP contribution in [0.1, 0.15) is 35.5 Å². The molecular weight excluding hydrogens is 450 g/mol. The van der Waals surface area contributed by atoms with Gasteiger partial charge in [-0.1, -0.05) is 35.9 Å². The molecule has 34 heavy (non-hydrogen) atoms. The number of carbonyl (C=O) groups excluding carboxylic acids is 1. The van der Waals surface area contributed by atoms with Crippen LogP contribution >= 0.6 is 11.6 Å². The van der Waals surface area contributed by atoms with Crippen LogP contribution in [0.15, 0.2) is 89.1 Å². The van der Waals surface area contributed by atoms with Crippen LogP contribution in [0.2, 0.25) is 5.15 Å². The van der Waals surface area contributed by atoms with Gasteiger partial charge in [0.1, 0.15) is 10.8 Å². The minimum atomic E-state index is -0.366. The number of carbonyl (C=O) groups is 1. The molecule has 0 spiro atoms. The lowest BCUT2D eigenvalue weighted by Gasteiger charge is -2.20. The molecule has 0 saturated heterocycles. The summed E-state index contributed by atoms with van der Waals surface area (Å²) in [6.45, 7) is 3.69. The zero-order valence-corrected chi connectivity index (χ0v) is 19.5. The van der Waals surface area contributed by atoms with Crippen molar-refractivity contribution in [3.8, 4) is 5.69 Å². The quantitative estimate of drug-likeness (QED) is 0.326. The van der Waals surface area contributed by atoms with Gasteiger partial charge in [-0.05, 0) is 50.2 Å². The van der Waals surface area contributed by atoms with E-state index in [1.807, 2.05) is 54.8 Å². The molecule has 8 heteroatoms. The van der Waals surface area contributed by atoms with E-state index < -0.39 is 0 Å². The highest BCUT2D eigenvalue weighted by molar-refractivity contribution is 6.29. The fourth-order valence-corrected chi connectivity index (χ4v) is 3.78. The van der Waals surface area contributed by atoms with Crippen LogP contribution < -0.4 is 10.7 Å². The number of aromatic nitrogens is 3. The van der Waals surface area contributed by atoms with Gasteiger partial charge in [0.05, 0.1) is 22.4 Å². The molecule has 3 aromatic heterocycles. The summed E-state index contributed by atoms with van der Waals surface area (Å²) in [6, 6.07) is 16.2. The Morgan fingerprint density at radius 1 is 1.12 bits per heavy atom. The van der Waals surface area contributed by atoms with Crippen molar-refractivity contribution in [2.24, 2.45) is 4.99 Å². The highest BCUT2D eigenvalue weighted by Crippen LogP contribution is 2.22. The van der Waals surface area contributed by atoms with E-state index in [0.717, 1.165) is 5.69 Å². The predicted octanol–water partition coefficient (Wildman–Crippen LogP) is 4.71. The molecule has 3 heterocycles. The lowest BCUT2D eigenvalue weighted by atomic mass is 10.0. The summed E-state index contributed by atoms with van der Waals surface area (Å²) in [7, 11) is 0. The van der Waals surface area contributed by atoms with Crippen LogP contribution in [-0.4, -0.2) is 26.2 Å². The molecule has 0 aliphatic rings. The largest absolute Gasteiger partial charge is 0.348 e. The number of rotatable bonds is 6. The van der Waals surface area contributed by atoms with Gasteiger partial charge in [0.2, 0.25) is 0 Å². The number of hydrogen-bond acceptors (Lipinski definition) is 5. The Kier molecular flexibility index (Phi) is 6.94. The summed E-state index contributed by atoms with van der Waals surface area (Å²) >= 11 is 5.83. The van der Waals surface area contributed by atoms with Crippen LogP contribution in [-0.2, 0) is 6.54 Å². The number of nitrogens with one attached hydrogen (secondary N) is 1. The van der Waals surface area contributed by atoms with Gasteiger partial charge in [0.25, 0.3) is 5.91 Å². The second-order valence-electron chi connectivity index (χ2n) is 7.45. The molecule has 1 N–H and O–H groups in total. The van der Waals surface area contributed by atoms with E-state index >= 15 is 0 Å². The number of para-hydroxylation sites is 1. The second-order valence-corrected chi connectivity index (χ2v) is 7.84. The summed E-state index contributed by atoms with van der Waals surface area (Å²) in [6.07, 6.45) is 6.52. The van der Waals surface area contributed by atoms with E-state index in [1.165, 1.54) is 6.20 Å². The van der Waals surface area contributed by atoms with Gasteiger partial charge in [0, 0.05) is 36.4 Å². The Hall–Kier alpha value is -4.10. The minimum absolute atomic E-state index is 0.00397. The molecule has 4 aromatic rings. The molecular formula is C26H22ClN5O2. The molecule has 0 fully saturated rings. The fourth-order valence-electron chi connectivity index (χ4n) is 3.66. The molecule has 0 radical (unpaired) electrons. The fraction of sp³-hybridized carbons (Fsp3) is 0.115. The highest BCUT2D eigenvalue weighted by Gasteiger charge is 2.21. The third-order valence-electron chi connectivity index (χ3n) is 5.22. The summed E-state index contributed by atoms with van der Waals surface area (Å²) in [4.78, 5) is 39.3. The Morgan fingerprint density at radius 2 is 1.91 bits per heavy atom. The van der Waals surface area contributed by atoms with E-state index in [9.17, 15) is 9.59 Å². The molecule has 0 aliphatic heterocycles. The SMILES string of the molecule is C/C=C\N=C(/C)c1c(CNC(=O)c2ccc(Cl)nc2)c(=O)c2cccnc2n1-c1ccccc1. The van der Waals surface area contributed by atoms with E-state index in [1.54, 1.807) is 36.7 Å². The van der Waals surface area contributed by atoms with Crippen molar-refractivity contribution in [3.05, 3.63) is 111 Å². The Labute approximate surface area is 201 Å². The normalized spacial score (nSPS) is 11.8. The van der Waals surface area contributed by atoms with Crippen molar-refractivity contribution in [1.82, 2.24) is 19.9 Å². The number of amides is 1. The van der Waals surface area contributed by atoms with Crippen LogP contribution in [0.5, 0.6) is 0 Å². The Balaban J connectivity index is 1.92. The molecule has 0 atom stereocenters. The zero-order valence-electron chi connectivity index (χ0n) is 18.7. The van der Waals surface area contributed by atoms with Gasteiger partial charge in [-0.2, -0.15) is 0 Å². The molecule has 7 nitrogen and oxygen atoms in total. The summed E-state index contributed by atoms with van der Waals surface area (Å²) in [5, 5.41) is 3.59. The molecule has 4 rings (SSSR count). The third kappa shape index (κ3) is 4.65. The first kappa shape index (κ1) is 23.1. The molecule has 1 aromatic carbocycles. The van der Waals surface area contributed by atoms with Crippen molar-refractivity contribution in [1.29, 1.82) is 0 Å². The topological polar surface area (TPSA) is 89.2 Å². The van der Waals surface area contributed by atoms with Crippen molar-refractivity contribution >= 4 is 34.3 Å². The smallest absolute Gasteiger partial charge is 0.253 e. The maximum absolute atomic E-state index is 13.6. The van der Waals surface area contributed by atoms with Crippen molar-refractivity contribution in [2.75, 3.05) is 0 Å². The van der Waals surface area contributed by atoms with Gasteiger partial charge in [0.15, 0.2) is 5.43 Å². The van der Waals surface area contributed by atoms with E-state index in [0.29, 0.717) is 38.7 Å². The number of pyridine rings is 3. The average molecular weight is 472 g/mol. The van der Waals surface area contributed by atoms with Crippen molar-refractivity contribution in [2.45, 2.75) is 20.4 Å². The minimum Gasteiger partial charge on any atom is -0.348 e. The first-order valence-electron chi connectivity index (χ1n) is 10.6. The van der Waals surface area contributed by atoms with Gasteiger partial charge in [-0.3, -0.25) is 19.1 Å². The van der Waals surface area contributed by atoms with Crippen molar-refractivity contribution in [3.63, 3.8) is 0 Å². The van der Waals surface area contributed by atoms with Crippen LogP contribution in [0, 0.1) is 0 Å². The lowest BCUT2D eigenvalue weighted by Crippen LogP contribution is -2.30. The van der Waals surface area contributed by atoms with Crippen molar-refractivity contribution < 1.29 is 4.79 Å². The maximum atomic E-state index is 13.6. The number of fused-ring (bicyclic) bond motifs is 1. The zero-order chi connectivity index (χ0) is 24.1. The molecule has 0 bridgehead atoms. The standard InChI is InChI=1S/C26H22ClN5O2/c1-3-13-28-17(2)23-21(16-31-26(34)18-11-12-22(27)30-15-18)24(33)20-10-7-14-29-25(20)32(23)19-8-5-4-6-9-19/h3-15H,16H2,1-2H3,(H,31,34)/b13-3-,28-17+. The van der Waals surface area contributed by atoms with Gasteiger partial charge in [-0.25, -0.2) is 9.97 Å². The second kappa shape index (κ2) is 10.2. The van der Waals surface area contributed by atoms with Crippen LogP contribution in [0.3, 0.4) is 0 Å². The Morgan fingerprint density at radius 3 is 2.62 bits per heavy atom. The molecule has 1 amide bonds. The maximum Gasteiger partial charge on any atom is 0.253 e. The van der Waals surface area contributed by atoms with Gasteiger partial charge in [-0.15, -0.1) is 0 Å². The number of aliphatic imine (C=N–C) groups is 1. The average Bonchev–Trinajstić information content (AvgIpc) is 2.87. The molecule has 0 unspecified atom stereocenters. The molecule has 0 saturated carbocycles. The number of benzene rings is 1. The number of halogens is 1. The first-order valence-corrected chi connectivity index (χ1v) is 11.0. The summed E-state index contributed by atoms with van der Waals surface area (Å²) < 4.78 is 1.91. The van der Waals surface area contributed by atoms with E-state index in [2.05, 4.69) is 20.3 Å². The molecule has 170 valence electrons. The van der Waals surface area contributed by atoms with Crippen LogP contribution in [0.25, 0.3) is 16.7 Å². The first-order chi connectivity index (χ1) is 16.5. The monoisotopic (exact) mass is 471 g/mol.